The highest BCUT2D eigenvalue weighted by atomic mass is 16.6. The zero-order valence-corrected chi connectivity index (χ0v) is 10.7. The van der Waals surface area contributed by atoms with Gasteiger partial charge in [0.15, 0.2) is 0 Å². The minimum atomic E-state index is -0.390. The van der Waals surface area contributed by atoms with Gasteiger partial charge in [-0.05, 0) is 32.1 Å². The molecule has 3 heteroatoms. The van der Waals surface area contributed by atoms with E-state index in [2.05, 4.69) is 18.7 Å². The van der Waals surface area contributed by atoms with Gasteiger partial charge < -0.3 is 9.47 Å². The van der Waals surface area contributed by atoms with Gasteiger partial charge in [-0.3, -0.25) is 0 Å². The Morgan fingerprint density at radius 1 is 1.53 bits per heavy atom. The van der Waals surface area contributed by atoms with Crippen molar-refractivity contribution in [3.63, 3.8) is 0 Å². The average Bonchev–Trinajstić information content (AvgIpc) is 2.72. The number of hydrogen-bond donors (Lipinski definition) is 0. The van der Waals surface area contributed by atoms with Crippen LogP contribution in [0.2, 0.25) is 0 Å². The molecule has 3 nitrogen and oxygen atoms in total. The van der Waals surface area contributed by atoms with E-state index in [-0.39, 0.29) is 11.9 Å². The molecule has 0 aromatic carbocycles. The normalized spacial score (nSPS) is 38.4. The molecule has 1 saturated carbocycles. The van der Waals surface area contributed by atoms with Gasteiger partial charge in [-0.15, -0.1) is 0 Å². The second kappa shape index (κ2) is 4.30. The second-order valence-corrected chi connectivity index (χ2v) is 5.38. The number of rotatable bonds is 4. The van der Waals surface area contributed by atoms with E-state index in [1.165, 1.54) is 0 Å². The van der Waals surface area contributed by atoms with Gasteiger partial charge in [0, 0.05) is 18.6 Å². The number of methoxy groups -OCH3 is 1. The SMILES string of the molecule is C=C(C)C(=O)OC1(C)CC2C=CC1C2COC. The number of hydrogen-bond acceptors (Lipinski definition) is 3. The molecule has 0 aliphatic heterocycles. The predicted molar refractivity (Wildman–Crippen MR) is 65.4 cm³/mol. The van der Waals surface area contributed by atoms with Crippen LogP contribution in [0.5, 0.6) is 0 Å². The maximum absolute atomic E-state index is 11.7. The third kappa shape index (κ3) is 2.04. The molecule has 2 aliphatic rings. The summed E-state index contributed by atoms with van der Waals surface area (Å²) in [5.74, 6) is 0.908. The van der Waals surface area contributed by atoms with Gasteiger partial charge >= 0.3 is 5.97 Å². The quantitative estimate of drug-likeness (QED) is 0.427. The molecule has 0 amide bonds. The van der Waals surface area contributed by atoms with Crippen molar-refractivity contribution in [2.24, 2.45) is 17.8 Å². The van der Waals surface area contributed by atoms with E-state index < -0.39 is 5.60 Å². The van der Waals surface area contributed by atoms with Crippen molar-refractivity contribution < 1.29 is 14.3 Å². The van der Waals surface area contributed by atoms with Gasteiger partial charge in [0.25, 0.3) is 0 Å². The van der Waals surface area contributed by atoms with Crippen molar-refractivity contribution in [1.82, 2.24) is 0 Å². The van der Waals surface area contributed by atoms with Crippen molar-refractivity contribution >= 4 is 5.97 Å². The lowest BCUT2D eigenvalue weighted by atomic mass is 9.88. The zero-order valence-electron chi connectivity index (χ0n) is 10.7. The van der Waals surface area contributed by atoms with Crippen LogP contribution in [0.25, 0.3) is 0 Å². The van der Waals surface area contributed by atoms with Crippen LogP contribution in [-0.2, 0) is 14.3 Å². The summed E-state index contributed by atoms with van der Waals surface area (Å²) in [6.07, 6.45) is 5.29. The van der Waals surface area contributed by atoms with Crippen LogP contribution >= 0.6 is 0 Å². The number of carbonyl (C=O) groups excluding carboxylic acids is 1. The first kappa shape index (κ1) is 12.4. The average molecular weight is 236 g/mol. The molecule has 94 valence electrons. The molecule has 1 fully saturated rings. The summed E-state index contributed by atoms with van der Waals surface area (Å²) in [4.78, 5) is 11.7. The van der Waals surface area contributed by atoms with E-state index in [4.69, 9.17) is 9.47 Å². The molecule has 0 radical (unpaired) electrons. The molecule has 4 unspecified atom stereocenters. The minimum absolute atomic E-state index is 0.274. The van der Waals surface area contributed by atoms with Crippen LogP contribution in [0.1, 0.15) is 20.3 Å². The first-order chi connectivity index (χ1) is 7.98. The smallest absolute Gasteiger partial charge is 0.333 e. The highest BCUT2D eigenvalue weighted by Crippen LogP contribution is 2.52. The van der Waals surface area contributed by atoms with Crippen LogP contribution in [0.4, 0.5) is 0 Å². The highest BCUT2D eigenvalue weighted by Gasteiger charge is 2.54. The van der Waals surface area contributed by atoms with Gasteiger partial charge in [-0.1, -0.05) is 18.7 Å². The van der Waals surface area contributed by atoms with E-state index in [0.29, 0.717) is 17.4 Å². The Bertz CT molecular complexity index is 372. The van der Waals surface area contributed by atoms with Gasteiger partial charge in [0.05, 0.1) is 6.61 Å². The Hall–Kier alpha value is -1.09. The van der Waals surface area contributed by atoms with E-state index >= 15 is 0 Å². The van der Waals surface area contributed by atoms with E-state index in [1.54, 1.807) is 14.0 Å². The molecule has 0 aromatic rings. The van der Waals surface area contributed by atoms with Gasteiger partial charge in [0.1, 0.15) is 5.60 Å². The number of allylic oxidation sites excluding steroid dienone is 1. The molecule has 2 aliphatic carbocycles. The Morgan fingerprint density at radius 3 is 2.82 bits per heavy atom. The van der Waals surface area contributed by atoms with E-state index in [1.807, 2.05) is 6.92 Å². The highest BCUT2D eigenvalue weighted by molar-refractivity contribution is 5.87. The fraction of sp³-hybridized carbons (Fsp3) is 0.643. The second-order valence-electron chi connectivity index (χ2n) is 5.38. The summed E-state index contributed by atoms with van der Waals surface area (Å²) >= 11 is 0. The molecule has 0 spiro atoms. The number of fused-ring (bicyclic) bond motifs is 2. The monoisotopic (exact) mass is 236 g/mol. The topological polar surface area (TPSA) is 35.5 Å². The van der Waals surface area contributed by atoms with Crippen LogP contribution in [-0.4, -0.2) is 25.3 Å². The Balaban J connectivity index is 2.10. The summed E-state index contributed by atoms with van der Waals surface area (Å²) in [6, 6.07) is 0. The van der Waals surface area contributed by atoms with Gasteiger partial charge in [-0.25, -0.2) is 4.79 Å². The van der Waals surface area contributed by atoms with Gasteiger partial charge in [-0.2, -0.15) is 0 Å². The fourth-order valence-electron chi connectivity index (χ4n) is 3.12. The third-order valence-electron chi connectivity index (χ3n) is 3.96. The van der Waals surface area contributed by atoms with Crippen molar-refractivity contribution in [3.8, 4) is 0 Å². The Labute approximate surface area is 102 Å². The maximum atomic E-state index is 11.7. The van der Waals surface area contributed by atoms with Crippen LogP contribution in [0.3, 0.4) is 0 Å². The first-order valence-corrected chi connectivity index (χ1v) is 6.04. The molecule has 4 atom stereocenters. The molecule has 17 heavy (non-hydrogen) atoms. The van der Waals surface area contributed by atoms with Crippen LogP contribution < -0.4 is 0 Å². The van der Waals surface area contributed by atoms with E-state index in [0.717, 1.165) is 13.0 Å². The molecular weight excluding hydrogens is 216 g/mol. The Kier molecular flexibility index (Phi) is 3.13. The predicted octanol–water partition coefficient (Wildman–Crippen LogP) is 2.33. The number of carbonyl (C=O) groups is 1. The van der Waals surface area contributed by atoms with Gasteiger partial charge in [0.2, 0.25) is 0 Å². The standard InChI is InChI=1S/C14H20O3/c1-9(2)13(15)17-14(3)7-10-5-6-12(14)11(10)8-16-4/h5-6,10-12H,1,7-8H2,2-4H3. The number of ether oxygens (including phenoxy) is 2. The summed E-state index contributed by atoms with van der Waals surface area (Å²) in [6.45, 7) is 8.05. The largest absolute Gasteiger partial charge is 0.455 e. The van der Waals surface area contributed by atoms with E-state index in [9.17, 15) is 4.79 Å². The molecule has 0 aromatic heterocycles. The molecule has 0 heterocycles. The minimum Gasteiger partial charge on any atom is -0.455 e. The van der Waals surface area contributed by atoms with Crippen molar-refractivity contribution in [3.05, 3.63) is 24.3 Å². The number of esters is 1. The summed E-state index contributed by atoms with van der Waals surface area (Å²) in [7, 11) is 1.72. The molecule has 0 N–H and O–H groups in total. The lowest BCUT2D eigenvalue weighted by Gasteiger charge is -2.32. The third-order valence-corrected chi connectivity index (χ3v) is 3.96. The van der Waals surface area contributed by atoms with Crippen molar-refractivity contribution in [2.75, 3.05) is 13.7 Å². The molecule has 0 saturated heterocycles. The molecule has 2 bridgehead atoms. The van der Waals surface area contributed by atoms with Crippen molar-refractivity contribution in [1.29, 1.82) is 0 Å². The van der Waals surface area contributed by atoms with Crippen LogP contribution in [0, 0.1) is 17.8 Å². The maximum Gasteiger partial charge on any atom is 0.333 e. The summed E-state index contributed by atoms with van der Waals surface area (Å²) in [5.41, 5.74) is 0.0693. The summed E-state index contributed by atoms with van der Waals surface area (Å²) < 4.78 is 10.9. The van der Waals surface area contributed by atoms with Crippen molar-refractivity contribution in [2.45, 2.75) is 25.9 Å². The molecule has 2 rings (SSSR count). The summed E-state index contributed by atoms with van der Waals surface area (Å²) in [5, 5.41) is 0. The lowest BCUT2D eigenvalue weighted by molar-refractivity contribution is -0.156. The zero-order chi connectivity index (χ0) is 12.6. The Morgan fingerprint density at radius 2 is 2.24 bits per heavy atom. The first-order valence-electron chi connectivity index (χ1n) is 6.04. The molecular formula is C14H20O3. The van der Waals surface area contributed by atoms with Crippen LogP contribution in [0.15, 0.2) is 24.3 Å². The lowest BCUT2D eigenvalue weighted by Crippen LogP contribution is -2.37. The fourth-order valence-corrected chi connectivity index (χ4v) is 3.12.